The third kappa shape index (κ3) is 5.84. The molecular weight excluding hydrogens is 449 g/mol. The van der Waals surface area contributed by atoms with Crippen LogP contribution in [-0.2, 0) is 16.6 Å². The first-order valence-corrected chi connectivity index (χ1v) is 9.70. The van der Waals surface area contributed by atoms with Gasteiger partial charge >= 0.3 is 0 Å². The molecule has 1 aromatic heterocycles. The molecule has 1 aromatic rings. The molecule has 0 saturated carbocycles. The highest BCUT2D eigenvalue weighted by atomic mass is 127. The minimum atomic E-state index is -3.02. The third-order valence-corrected chi connectivity index (χ3v) is 6.53. The lowest BCUT2D eigenvalue weighted by molar-refractivity contribution is 0.445. The van der Waals surface area contributed by atoms with Crippen molar-refractivity contribution >= 4 is 51.3 Å². The quantitative estimate of drug-likeness (QED) is 0.380. The van der Waals surface area contributed by atoms with Crippen LogP contribution in [-0.4, -0.2) is 56.1 Å². The van der Waals surface area contributed by atoms with Crippen molar-refractivity contribution in [1.82, 2.24) is 19.9 Å². The van der Waals surface area contributed by atoms with E-state index < -0.39 is 10.0 Å². The summed E-state index contributed by atoms with van der Waals surface area (Å²) in [5.74, 6) is 0.936. The first-order chi connectivity index (χ1) is 10.4. The number of guanidine groups is 1. The summed E-state index contributed by atoms with van der Waals surface area (Å²) >= 11 is 1.67. The molecule has 0 bridgehead atoms. The van der Waals surface area contributed by atoms with Crippen molar-refractivity contribution in [1.29, 1.82) is 0 Å². The van der Waals surface area contributed by atoms with Crippen LogP contribution in [0.2, 0.25) is 0 Å². The maximum Gasteiger partial charge on any atom is 0.214 e. The number of rotatable bonds is 5. The first-order valence-electron chi connectivity index (χ1n) is 7.27. The molecule has 0 spiro atoms. The summed E-state index contributed by atoms with van der Waals surface area (Å²) in [6.45, 7) is 6.29. The van der Waals surface area contributed by atoms with Crippen molar-refractivity contribution in [3.05, 3.63) is 15.6 Å². The van der Waals surface area contributed by atoms with Gasteiger partial charge in [0.05, 0.1) is 23.0 Å². The zero-order valence-electron chi connectivity index (χ0n) is 13.6. The molecule has 7 nitrogen and oxygen atoms in total. The number of halogens is 1. The van der Waals surface area contributed by atoms with E-state index in [1.54, 1.807) is 18.4 Å². The van der Waals surface area contributed by atoms with Crippen molar-refractivity contribution in [3.8, 4) is 0 Å². The van der Waals surface area contributed by atoms with Gasteiger partial charge < -0.3 is 10.6 Å². The van der Waals surface area contributed by atoms with Crippen molar-refractivity contribution < 1.29 is 8.42 Å². The van der Waals surface area contributed by atoms with Crippen LogP contribution in [0.5, 0.6) is 0 Å². The summed E-state index contributed by atoms with van der Waals surface area (Å²) in [5.41, 5.74) is 1.04. The number of thiazole rings is 1. The SMILES string of the molecule is CN=C(NCCN1CCCS1(=O)=O)NCc1sc(C)nc1C.I. The lowest BCUT2D eigenvalue weighted by Gasteiger charge is -2.16. The predicted octanol–water partition coefficient (Wildman–Crippen LogP) is 1.08. The molecule has 2 heterocycles. The van der Waals surface area contributed by atoms with E-state index in [9.17, 15) is 8.42 Å². The molecule has 1 saturated heterocycles. The highest BCUT2D eigenvalue weighted by Gasteiger charge is 2.27. The zero-order valence-corrected chi connectivity index (χ0v) is 17.6. The molecule has 0 aliphatic carbocycles. The Labute approximate surface area is 159 Å². The molecule has 0 unspecified atom stereocenters. The topological polar surface area (TPSA) is 86.7 Å². The fraction of sp³-hybridized carbons (Fsp3) is 0.692. The van der Waals surface area contributed by atoms with Gasteiger partial charge in [0.2, 0.25) is 10.0 Å². The van der Waals surface area contributed by atoms with E-state index in [4.69, 9.17) is 0 Å². The molecule has 0 atom stereocenters. The molecule has 0 radical (unpaired) electrons. The number of nitrogens with one attached hydrogen (secondary N) is 2. The number of sulfonamides is 1. The summed E-state index contributed by atoms with van der Waals surface area (Å²) in [6.07, 6.45) is 0.722. The molecule has 1 aliphatic rings. The highest BCUT2D eigenvalue weighted by molar-refractivity contribution is 14.0. The Kier molecular flexibility index (Phi) is 8.18. The van der Waals surface area contributed by atoms with Gasteiger partial charge in [-0.25, -0.2) is 17.7 Å². The van der Waals surface area contributed by atoms with Gasteiger partial charge in [-0.3, -0.25) is 4.99 Å². The lowest BCUT2D eigenvalue weighted by atomic mass is 10.4. The van der Waals surface area contributed by atoms with E-state index in [-0.39, 0.29) is 29.7 Å². The standard InChI is InChI=1S/C13H23N5O2S2.HI/c1-10-12(21-11(2)17-10)9-16-13(14-3)15-5-7-18-6-4-8-22(18,19)20;/h4-9H2,1-3H3,(H2,14,15,16);1H. The lowest BCUT2D eigenvalue weighted by Crippen LogP contribution is -2.41. The van der Waals surface area contributed by atoms with Gasteiger partial charge in [0.15, 0.2) is 5.96 Å². The molecule has 0 amide bonds. The number of aromatic nitrogens is 1. The Bertz CT molecular complexity index is 645. The van der Waals surface area contributed by atoms with Crippen LogP contribution in [0, 0.1) is 13.8 Å². The van der Waals surface area contributed by atoms with Crippen LogP contribution in [0.3, 0.4) is 0 Å². The van der Waals surface area contributed by atoms with Crippen LogP contribution in [0.15, 0.2) is 4.99 Å². The smallest absolute Gasteiger partial charge is 0.214 e. The molecule has 0 aromatic carbocycles. The van der Waals surface area contributed by atoms with Crippen LogP contribution in [0.1, 0.15) is 22.0 Å². The first kappa shape index (κ1) is 20.6. The number of hydrogen-bond acceptors (Lipinski definition) is 5. The van der Waals surface area contributed by atoms with Crippen molar-refractivity contribution in [2.45, 2.75) is 26.8 Å². The zero-order chi connectivity index (χ0) is 16.2. The van der Waals surface area contributed by atoms with Gasteiger partial charge in [0.1, 0.15) is 0 Å². The van der Waals surface area contributed by atoms with E-state index in [1.165, 1.54) is 9.18 Å². The molecule has 132 valence electrons. The molecule has 23 heavy (non-hydrogen) atoms. The minimum Gasteiger partial charge on any atom is -0.355 e. The number of hydrogen-bond donors (Lipinski definition) is 2. The Morgan fingerprint density at radius 1 is 1.39 bits per heavy atom. The maximum absolute atomic E-state index is 11.7. The second-order valence-electron chi connectivity index (χ2n) is 5.16. The Morgan fingerprint density at radius 3 is 2.65 bits per heavy atom. The summed E-state index contributed by atoms with van der Waals surface area (Å²) in [4.78, 5) is 9.72. The van der Waals surface area contributed by atoms with Crippen LogP contribution in [0.4, 0.5) is 0 Å². The van der Waals surface area contributed by atoms with E-state index in [0.29, 0.717) is 32.1 Å². The largest absolute Gasteiger partial charge is 0.355 e. The van der Waals surface area contributed by atoms with Gasteiger partial charge in [-0.2, -0.15) is 0 Å². The molecule has 2 rings (SSSR count). The second kappa shape index (κ2) is 9.14. The summed E-state index contributed by atoms with van der Waals surface area (Å²) < 4.78 is 24.9. The normalized spacial score (nSPS) is 17.8. The Morgan fingerprint density at radius 2 is 2.13 bits per heavy atom. The van der Waals surface area contributed by atoms with Crippen LogP contribution < -0.4 is 10.6 Å². The van der Waals surface area contributed by atoms with E-state index in [2.05, 4.69) is 20.6 Å². The van der Waals surface area contributed by atoms with Crippen molar-refractivity contribution in [2.24, 2.45) is 4.99 Å². The van der Waals surface area contributed by atoms with Crippen molar-refractivity contribution in [3.63, 3.8) is 0 Å². The maximum atomic E-state index is 11.7. The number of aryl methyl sites for hydroxylation is 2. The van der Waals surface area contributed by atoms with Gasteiger partial charge in [0, 0.05) is 31.6 Å². The molecule has 1 fully saturated rings. The van der Waals surface area contributed by atoms with Gasteiger partial charge in [-0.05, 0) is 20.3 Å². The average Bonchev–Trinajstić information content (AvgIpc) is 2.95. The highest BCUT2D eigenvalue weighted by Crippen LogP contribution is 2.16. The Hall–Kier alpha value is -0.460. The summed E-state index contributed by atoms with van der Waals surface area (Å²) in [7, 11) is -1.32. The summed E-state index contributed by atoms with van der Waals surface area (Å²) in [5, 5.41) is 7.43. The van der Waals surface area contributed by atoms with Crippen LogP contribution in [0.25, 0.3) is 0 Å². The van der Waals surface area contributed by atoms with Gasteiger partial charge in [-0.1, -0.05) is 0 Å². The molecule has 2 N–H and O–H groups in total. The van der Waals surface area contributed by atoms with Crippen LogP contribution >= 0.6 is 35.3 Å². The second-order valence-corrected chi connectivity index (χ2v) is 8.54. The number of nitrogens with zero attached hydrogens (tertiary/aromatic N) is 3. The van der Waals surface area contributed by atoms with E-state index in [1.807, 2.05) is 13.8 Å². The van der Waals surface area contributed by atoms with E-state index >= 15 is 0 Å². The molecule has 1 aliphatic heterocycles. The predicted molar refractivity (Wildman–Crippen MR) is 105 cm³/mol. The fourth-order valence-electron chi connectivity index (χ4n) is 2.36. The number of aliphatic imine (C=N–C) groups is 1. The average molecular weight is 473 g/mol. The van der Waals surface area contributed by atoms with Gasteiger partial charge in [-0.15, -0.1) is 35.3 Å². The Balaban J connectivity index is 0.00000264. The van der Waals surface area contributed by atoms with Gasteiger partial charge in [0.25, 0.3) is 0 Å². The third-order valence-electron chi connectivity index (χ3n) is 3.50. The fourth-order valence-corrected chi connectivity index (χ4v) is 4.77. The monoisotopic (exact) mass is 473 g/mol. The minimum absolute atomic E-state index is 0. The van der Waals surface area contributed by atoms with Crippen molar-refractivity contribution in [2.75, 3.05) is 32.4 Å². The summed E-state index contributed by atoms with van der Waals surface area (Å²) in [6, 6.07) is 0. The molecular formula is C13H24IN5O2S2. The van der Waals surface area contributed by atoms with E-state index in [0.717, 1.165) is 17.1 Å². The molecule has 10 heteroatoms.